The highest BCUT2D eigenvalue weighted by molar-refractivity contribution is 6.11. The van der Waals surface area contributed by atoms with Gasteiger partial charge in [0.15, 0.2) is 0 Å². The summed E-state index contributed by atoms with van der Waals surface area (Å²) in [7, 11) is 2.58. The molecule has 4 amide bonds. The molecule has 5 aromatic rings. The van der Waals surface area contributed by atoms with Crippen molar-refractivity contribution in [3.8, 4) is 22.4 Å². The van der Waals surface area contributed by atoms with Crippen molar-refractivity contribution in [2.45, 2.75) is 71.1 Å². The van der Waals surface area contributed by atoms with Crippen LogP contribution in [0.15, 0.2) is 114 Å². The number of anilines is 2. The molecule has 0 fully saturated rings. The van der Waals surface area contributed by atoms with E-state index in [4.69, 9.17) is 19.5 Å². The molecule has 0 radical (unpaired) electrons. The average Bonchev–Trinajstić information content (AvgIpc) is 4.11. The Morgan fingerprint density at radius 1 is 0.645 bits per heavy atom. The minimum Gasteiger partial charge on any atom is -0.453 e. The number of fused-ring (bicyclic) bond motifs is 2. The molecule has 13 heteroatoms. The Morgan fingerprint density at radius 2 is 1.11 bits per heavy atom. The van der Waals surface area contributed by atoms with Gasteiger partial charge in [0.2, 0.25) is 0 Å². The Hall–Kier alpha value is -7.02. The molecule has 0 saturated carbocycles. The molecule has 4 atom stereocenters. The van der Waals surface area contributed by atoms with Crippen LogP contribution in [0.3, 0.4) is 0 Å². The molecule has 4 aromatic carbocycles. The van der Waals surface area contributed by atoms with Crippen LogP contribution < -0.4 is 20.4 Å². The van der Waals surface area contributed by atoms with Gasteiger partial charge in [-0.15, -0.1) is 0 Å². The number of amides is 4. The van der Waals surface area contributed by atoms with Crippen molar-refractivity contribution >= 4 is 46.7 Å². The molecule has 4 heterocycles. The third-order valence-corrected chi connectivity index (χ3v) is 12.0. The third-order valence-electron chi connectivity index (χ3n) is 12.0. The third kappa shape index (κ3) is 8.09. The maximum atomic E-state index is 14.1. The Bertz CT molecular complexity index is 2560. The van der Waals surface area contributed by atoms with E-state index in [0.717, 1.165) is 61.7 Å². The number of methoxy groups -OCH3 is 2. The normalized spacial score (nSPS) is 17.5. The van der Waals surface area contributed by atoms with Crippen molar-refractivity contribution in [1.29, 1.82) is 0 Å². The summed E-state index contributed by atoms with van der Waals surface area (Å²) in [5.74, 6) is -0.0899. The molecule has 3 aliphatic rings. The van der Waals surface area contributed by atoms with Gasteiger partial charge in [0.1, 0.15) is 17.9 Å². The van der Waals surface area contributed by atoms with Gasteiger partial charge in [0.25, 0.3) is 11.8 Å². The first kappa shape index (κ1) is 41.7. The van der Waals surface area contributed by atoms with Crippen molar-refractivity contribution in [2.24, 2.45) is 16.8 Å². The second kappa shape index (κ2) is 17.5. The van der Waals surface area contributed by atoms with Crippen molar-refractivity contribution in [1.82, 2.24) is 20.6 Å². The number of carbonyl (C=O) groups is 4. The molecule has 3 aliphatic heterocycles. The van der Waals surface area contributed by atoms with Gasteiger partial charge in [-0.25, -0.2) is 14.6 Å². The van der Waals surface area contributed by atoms with Crippen LogP contribution in [0.1, 0.15) is 62.7 Å². The number of nitrogens with one attached hydrogen (secondary N) is 3. The molecular weight excluding hydrogens is 783 g/mol. The summed E-state index contributed by atoms with van der Waals surface area (Å²) in [5.41, 5.74) is 10.6. The van der Waals surface area contributed by atoms with Crippen LogP contribution in [0, 0.1) is 11.8 Å². The number of aromatic nitrogens is 2. The lowest BCUT2D eigenvalue weighted by molar-refractivity contribution is -0.122. The molecule has 0 saturated heterocycles. The van der Waals surface area contributed by atoms with Crippen LogP contribution in [0.4, 0.5) is 21.0 Å². The van der Waals surface area contributed by atoms with E-state index in [1.54, 1.807) is 16.0 Å². The van der Waals surface area contributed by atoms with E-state index in [1.807, 2.05) is 82.4 Å². The molecule has 0 spiro atoms. The SMILES string of the molecule is COC(=O)NC(C(=O)N1c2ccccc2C[C@H]1C1=NC=C(c2ccc(-c3ccc(-c4cnc([C@@H]5Cc6ccccc6N5C(=O)C(NC(=O)OC)C(C)C)[nH]4)cc3)cc2)C1)C(C)C. The molecule has 1 aromatic heterocycles. The second-order valence-electron chi connectivity index (χ2n) is 16.6. The molecule has 8 rings (SSSR count). The number of benzene rings is 4. The fourth-order valence-electron chi connectivity index (χ4n) is 8.70. The zero-order chi connectivity index (χ0) is 43.7. The first-order chi connectivity index (χ1) is 29.9. The first-order valence-electron chi connectivity index (χ1n) is 21.0. The summed E-state index contributed by atoms with van der Waals surface area (Å²) in [5, 5.41) is 5.47. The summed E-state index contributed by atoms with van der Waals surface area (Å²) in [6.07, 6.45) is 4.22. The summed E-state index contributed by atoms with van der Waals surface area (Å²) in [6, 6.07) is 30.2. The highest BCUT2D eigenvalue weighted by atomic mass is 16.5. The van der Waals surface area contributed by atoms with Crippen LogP contribution in [0.25, 0.3) is 28.0 Å². The number of nitrogens with zero attached hydrogens (tertiary/aromatic N) is 4. The molecule has 2 unspecified atom stereocenters. The van der Waals surface area contributed by atoms with Gasteiger partial charge in [0, 0.05) is 42.5 Å². The second-order valence-corrected chi connectivity index (χ2v) is 16.6. The van der Waals surface area contributed by atoms with E-state index >= 15 is 0 Å². The van der Waals surface area contributed by atoms with E-state index in [-0.39, 0.29) is 35.7 Å². The maximum Gasteiger partial charge on any atom is 0.407 e. The number of imidazole rings is 1. The highest BCUT2D eigenvalue weighted by Crippen LogP contribution is 2.41. The van der Waals surface area contributed by atoms with Crippen molar-refractivity contribution < 1.29 is 28.7 Å². The summed E-state index contributed by atoms with van der Waals surface area (Å²) in [6.45, 7) is 7.60. The van der Waals surface area contributed by atoms with Gasteiger partial charge in [-0.3, -0.25) is 19.5 Å². The van der Waals surface area contributed by atoms with Gasteiger partial charge in [-0.05, 0) is 62.9 Å². The van der Waals surface area contributed by atoms with Crippen molar-refractivity contribution in [3.05, 3.63) is 132 Å². The number of aromatic amines is 1. The van der Waals surface area contributed by atoms with Crippen LogP contribution in [0.2, 0.25) is 0 Å². The Labute approximate surface area is 361 Å². The molecular formula is C49H51N7O6. The van der Waals surface area contributed by atoms with Crippen LogP contribution in [-0.2, 0) is 31.9 Å². The largest absolute Gasteiger partial charge is 0.453 e. The Morgan fingerprint density at radius 3 is 1.63 bits per heavy atom. The summed E-state index contributed by atoms with van der Waals surface area (Å²) >= 11 is 0. The van der Waals surface area contributed by atoms with Crippen molar-refractivity contribution in [2.75, 3.05) is 24.0 Å². The fourth-order valence-corrected chi connectivity index (χ4v) is 8.70. The van der Waals surface area contributed by atoms with Crippen LogP contribution in [-0.4, -0.2) is 72.0 Å². The number of rotatable bonds is 11. The lowest BCUT2D eigenvalue weighted by Gasteiger charge is -2.31. The number of H-pyrrole nitrogens is 1. The minimum absolute atomic E-state index is 0.157. The smallest absolute Gasteiger partial charge is 0.407 e. The number of hydrogen-bond donors (Lipinski definition) is 3. The minimum atomic E-state index is -0.784. The van der Waals surface area contributed by atoms with Crippen LogP contribution in [0.5, 0.6) is 0 Å². The van der Waals surface area contributed by atoms with Crippen molar-refractivity contribution in [3.63, 3.8) is 0 Å². The van der Waals surface area contributed by atoms with Gasteiger partial charge < -0.3 is 30.0 Å². The predicted octanol–water partition coefficient (Wildman–Crippen LogP) is 8.28. The number of para-hydroxylation sites is 2. The fraction of sp³-hybridized carbons (Fsp3) is 0.306. The topological polar surface area (TPSA) is 158 Å². The Balaban J connectivity index is 0.949. The zero-order valence-electron chi connectivity index (χ0n) is 35.7. The summed E-state index contributed by atoms with van der Waals surface area (Å²) in [4.78, 5) is 69.4. The monoisotopic (exact) mass is 833 g/mol. The standard InChI is InChI=1S/C49H51N7O6/c1-28(2)43(53-48(59)61-5)46(57)55-39-13-9-7-11-34(39)24-41(55)37-23-36(26-50-37)32-17-15-30(16-18-32)31-19-21-33(22-20-31)38-27-51-45(52-38)42-25-35-12-8-10-14-40(35)56(42)47(58)44(29(3)4)54-49(60)62-6/h7-22,26-29,41-44H,23-25H2,1-6H3,(H,51,52)(H,53,59)(H,54,60)/t41-,42-,43?,44?/m0/s1. The lowest BCUT2D eigenvalue weighted by atomic mass is 9.95. The number of hydrogen-bond acceptors (Lipinski definition) is 8. The first-order valence-corrected chi connectivity index (χ1v) is 21.0. The molecule has 0 aliphatic carbocycles. The summed E-state index contributed by atoms with van der Waals surface area (Å²) < 4.78 is 9.67. The van der Waals surface area contributed by atoms with E-state index in [2.05, 4.69) is 64.1 Å². The van der Waals surface area contributed by atoms with E-state index in [9.17, 15) is 19.2 Å². The maximum absolute atomic E-state index is 14.1. The highest BCUT2D eigenvalue weighted by Gasteiger charge is 2.43. The van der Waals surface area contributed by atoms with Crippen LogP contribution >= 0.6 is 0 Å². The predicted molar refractivity (Wildman–Crippen MR) is 240 cm³/mol. The molecule has 62 heavy (non-hydrogen) atoms. The van der Waals surface area contributed by atoms with Gasteiger partial charge in [-0.2, -0.15) is 0 Å². The molecule has 0 bridgehead atoms. The quantitative estimate of drug-likeness (QED) is 0.121. The molecule has 318 valence electrons. The lowest BCUT2D eigenvalue weighted by Crippen LogP contribution is -2.54. The van der Waals surface area contributed by atoms with Gasteiger partial charge in [-0.1, -0.05) is 113 Å². The number of carbonyl (C=O) groups excluding carboxylic acids is 4. The number of ether oxygens (including phenoxy) is 2. The van der Waals surface area contributed by atoms with E-state index in [1.165, 1.54) is 14.2 Å². The van der Waals surface area contributed by atoms with E-state index in [0.29, 0.717) is 25.1 Å². The van der Waals surface area contributed by atoms with Gasteiger partial charge >= 0.3 is 12.2 Å². The molecule has 13 nitrogen and oxygen atoms in total. The Kier molecular flexibility index (Phi) is 11.8. The number of aliphatic imine (C=N–C) groups is 1. The average molecular weight is 834 g/mol. The molecule has 3 N–H and O–H groups in total. The van der Waals surface area contributed by atoms with E-state index < -0.39 is 24.3 Å². The van der Waals surface area contributed by atoms with Gasteiger partial charge in [0.05, 0.1) is 38.2 Å². The number of alkyl carbamates (subject to hydrolysis) is 2. The zero-order valence-corrected chi connectivity index (χ0v) is 35.7. The number of allylic oxidation sites excluding steroid dienone is 1.